The highest BCUT2D eigenvalue weighted by Gasteiger charge is 2.46. The molecule has 0 spiro atoms. The molecule has 3 fully saturated rings. The van der Waals surface area contributed by atoms with E-state index < -0.39 is 83.0 Å². The number of hydrogen-bond acceptors (Lipinski definition) is 12. The molecule has 72 heavy (non-hydrogen) atoms. The first-order valence-electron chi connectivity index (χ1n) is 24.5. The number of thiazole rings is 1. The summed E-state index contributed by atoms with van der Waals surface area (Å²) in [6, 6.07) is 7.33. The number of fused-ring (bicyclic) bond motifs is 1. The third kappa shape index (κ3) is 14.5. The van der Waals surface area contributed by atoms with Crippen LogP contribution >= 0.6 is 23.7 Å². The zero-order valence-corrected chi connectivity index (χ0v) is 43.6. The fourth-order valence-electron chi connectivity index (χ4n) is 9.66. The SMILES string of the molecule is CC(=O)N1CC[C@H]2CC[C@@H](C(=O)N[C@@H](CCC(N)=O)COc3cccc(CCCCC(=O)N[C@H](C(=O)N4C[C@H](O)C[C@H]4C(=O)N[C@@H](C)c4ccc(-c5scnc5C)cc4)C(C)(C)C)c3F)N2C(=O)[C@@H](N)C1.Cl. The van der Waals surface area contributed by atoms with Crippen LogP contribution in [-0.2, 0) is 40.0 Å². The van der Waals surface area contributed by atoms with Gasteiger partial charge in [-0.3, -0.25) is 33.6 Å². The minimum absolute atomic E-state index is 0. The molecule has 0 unspecified atom stereocenters. The highest BCUT2D eigenvalue weighted by atomic mass is 35.5. The largest absolute Gasteiger partial charge is 0.488 e. The van der Waals surface area contributed by atoms with Gasteiger partial charge in [0.05, 0.1) is 34.3 Å². The number of halogens is 2. The topological polar surface area (TPSA) is 260 Å². The van der Waals surface area contributed by atoms with Gasteiger partial charge in [0.2, 0.25) is 41.4 Å². The number of benzene rings is 2. The van der Waals surface area contributed by atoms with E-state index >= 15 is 4.39 Å². The van der Waals surface area contributed by atoms with E-state index in [0.717, 1.165) is 21.7 Å². The number of ether oxygens (including phenoxy) is 1. The predicted molar refractivity (Wildman–Crippen MR) is 272 cm³/mol. The van der Waals surface area contributed by atoms with Gasteiger partial charge in [-0.15, -0.1) is 23.7 Å². The number of aryl methyl sites for hydroxylation is 2. The summed E-state index contributed by atoms with van der Waals surface area (Å²) < 4.78 is 21.8. The van der Waals surface area contributed by atoms with E-state index in [1.807, 2.05) is 58.9 Å². The van der Waals surface area contributed by atoms with Crippen LogP contribution in [0, 0.1) is 18.2 Å². The Kier molecular flexibility index (Phi) is 20.1. The maximum atomic E-state index is 15.9. The van der Waals surface area contributed by atoms with E-state index in [1.54, 1.807) is 33.9 Å². The van der Waals surface area contributed by atoms with Crippen LogP contribution in [0.3, 0.4) is 0 Å². The Hall–Kier alpha value is -5.70. The van der Waals surface area contributed by atoms with Gasteiger partial charge in [0.1, 0.15) is 30.8 Å². The number of likely N-dealkylation sites (tertiary alicyclic amines) is 1. The minimum atomic E-state index is -1.01. The van der Waals surface area contributed by atoms with E-state index in [4.69, 9.17) is 16.2 Å². The average molecular weight is 1040 g/mol. The van der Waals surface area contributed by atoms with Crippen LogP contribution < -0.4 is 32.2 Å². The molecular weight excluding hydrogens is 969 g/mol. The fraction of sp³-hybridized carbons (Fsp3) is 0.569. The lowest BCUT2D eigenvalue weighted by atomic mass is 9.85. The fourth-order valence-corrected chi connectivity index (χ4v) is 10.5. The first-order chi connectivity index (χ1) is 33.6. The number of amides is 7. The summed E-state index contributed by atoms with van der Waals surface area (Å²) in [6.07, 6.45) is 1.65. The average Bonchev–Trinajstić information content (AvgIpc) is 4.06. The van der Waals surface area contributed by atoms with Gasteiger partial charge in [-0.2, -0.15) is 0 Å². The summed E-state index contributed by atoms with van der Waals surface area (Å²) in [6.45, 7) is 10.9. The molecule has 0 saturated carbocycles. The van der Waals surface area contributed by atoms with Crippen LogP contribution in [0.4, 0.5) is 4.39 Å². The van der Waals surface area contributed by atoms with E-state index in [-0.39, 0.29) is 87.9 Å². The van der Waals surface area contributed by atoms with E-state index in [0.29, 0.717) is 44.2 Å². The molecule has 3 saturated heterocycles. The maximum Gasteiger partial charge on any atom is 0.246 e. The molecule has 0 bridgehead atoms. The van der Waals surface area contributed by atoms with Gasteiger partial charge in [0.25, 0.3) is 0 Å². The molecule has 8 N–H and O–H groups in total. The lowest BCUT2D eigenvalue weighted by Gasteiger charge is -2.37. The lowest BCUT2D eigenvalue weighted by Crippen LogP contribution is -2.59. The molecule has 3 aliphatic rings. The number of aliphatic hydroxyl groups is 1. The standard InChI is InChI=1S/C51H70FN9O9S.ClH/c1-29(32-14-16-34(17-15-32)45-30(2)55-28-71-45)56-48(67)40-24-37(63)25-60(40)50(69)46(51(4,5)6)58-43(65)13-8-7-10-33-11-9-12-41(44(33)52)70-27-35(18-21-42(54)64)57-47(66)39-20-19-36-22-23-59(31(3)62)26-38(53)49(68)61(36)39;/h9,11-12,14-17,28-29,35-40,46,63H,7-8,10,13,18-27,53H2,1-6H3,(H2,54,64)(H,56,67)(H,57,66)(H,58,65);1H/t29-,35-,36+,37+,38-,39-,40-,46+;/m0./s1. The maximum absolute atomic E-state index is 15.9. The summed E-state index contributed by atoms with van der Waals surface area (Å²) in [7, 11) is 0. The van der Waals surface area contributed by atoms with Crippen LogP contribution in [0.15, 0.2) is 48.0 Å². The molecule has 6 rings (SSSR count). The smallest absolute Gasteiger partial charge is 0.246 e. The second-order valence-corrected chi connectivity index (χ2v) is 21.0. The first-order valence-corrected chi connectivity index (χ1v) is 25.4. The molecule has 4 heterocycles. The molecule has 3 aliphatic heterocycles. The van der Waals surface area contributed by atoms with Crippen molar-refractivity contribution in [3.05, 3.63) is 70.6 Å². The van der Waals surface area contributed by atoms with Crippen molar-refractivity contribution in [1.29, 1.82) is 0 Å². The number of β-amino-alcohol motifs (C(OH)–C–C–N with tert-alkyl or cyclic N) is 1. The quantitative estimate of drug-likeness (QED) is 0.0941. The molecule has 21 heteroatoms. The number of aliphatic hydroxyl groups excluding tert-OH is 1. The molecule has 0 radical (unpaired) electrons. The van der Waals surface area contributed by atoms with Gasteiger partial charge in [-0.1, -0.05) is 57.2 Å². The van der Waals surface area contributed by atoms with Gasteiger partial charge in [0.15, 0.2) is 11.6 Å². The van der Waals surface area contributed by atoms with E-state index in [1.165, 1.54) is 22.8 Å². The molecule has 2 aromatic carbocycles. The van der Waals surface area contributed by atoms with Crippen molar-refractivity contribution in [3.8, 4) is 16.2 Å². The molecule has 0 aliphatic carbocycles. The Morgan fingerprint density at radius 3 is 2.32 bits per heavy atom. The molecule has 18 nitrogen and oxygen atoms in total. The van der Waals surface area contributed by atoms with Crippen LogP contribution in [-0.4, -0.2) is 135 Å². The van der Waals surface area contributed by atoms with E-state index in [9.17, 15) is 38.7 Å². The summed E-state index contributed by atoms with van der Waals surface area (Å²) >= 11 is 1.55. The Labute approximate surface area is 430 Å². The number of hydrogen-bond donors (Lipinski definition) is 6. The molecule has 1 aromatic heterocycles. The first kappa shape index (κ1) is 57.2. The predicted octanol–water partition coefficient (Wildman–Crippen LogP) is 3.83. The van der Waals surface area contributed by atoms with Gasteiger partial charge in [0, 0.05) is 51.9 Å². The minimum Gasteiger partial charge on any atom is -0.488 e. The van der Waals surface area contributed by atoms with Crippen LogP contribution in [0.2, 0.25) is 0 Å². The summed E-state index contributed by atoms with van der Waals surface area (Å²) in [4.78, 5) is 102. The second-order valence-electron chi connectivity index (χ2n) is 20.2. The Morgan fingerprint density at radius 2 is 1.67 bits per heavy atom. The number of carbonyl (C=O) groups excluding carboxylic acids is 7. The summed E-state index contributed by atoms with van der Waals surface area (Å²) in [5.41, 5.74) is 15.9. The number of nitrogens with one attached hydrogen (secondary N) is 3. The molecule has 394 valence electrons. The lowest BCUT2D eigenvalue weighted by molar-refractivity contribution is -0.144. The molecular formula is C51H71ClFN9O9S. The third-order valence-corrected chi connectivity index (χ3v) is 14.7. The monoisotopic (exact) mass is 1040 g/mol. The zero-order valence-electron chi connectivity index (χ0n) is 42.0. The molecule has 3 aromatic rings. The Balaban J connectivity index is 0.00000963. The van der Waals surface area contributed by atoms with Gasteiger partial charge in [-0.25, -0.2) is 9.37 Å². The Bertz CT molecular complexity index is 2420. The van der Waals surface area contributed by atoms with Crippen LogP contribution in [0.1, 0.15) is 115 Å². The van der Waals surface area contributed by atoms with Crippen molar-refractivity contribution in [1.82, 2.24) is 35.6 Å². The number of unbranched alkanes of at least 4 members (excludes halogenated alkanes) is 1. The third-order valence-electron chi connectivity index (χ3n) is 13.7. The number of carbonyl (C=O) groups is 7. The second kappa shape index (κ2) is 25.3. The molecule has 7 amide bonds. The van der Waals surface area contributed by atoms with Crippen LogP contribution in [0.25, 0.3) is 10.4 Å². The summed E-state index contributed by atoms with van der Waals surface area (Å²) in [5, 5.41) is 19.5. The van der Waals surface area contributed by atoms with Crippen molar-refractivity contribution in [2.24, 2.45) is 16.9 Å². The van der Waals surface area contributed by atoms with Gasteiger partial charge in [-0.05, 0) is 87.0 Å². The van der Waals surface area contributed by atoms with Crippen molar-refractivity contribution < 1.29 is 47.8 Å². The number of nitrogens with zero attached hydrogens (tertiary/aromatic N) is 4. The highest BCUT2D eigenvalue weighted by molar-refractivity contribution is 7.13. The molecule has 8 atom stereocenters. The van der Waals surface area contributed by atoms with Crippen molar-refractivity contribution in [2.75, 3.05) is 26.2 Å². The number of rotatable bonds is 19. The number of nitrogens with two attached hydrogens (primary N) is 2. The van der Waals surface area contributed by atoms with E-state index in [2.05, 4.69) is 20.9 Å². The van der Waals surface area contributed by atoms with Crippen molar-refractivity contribution in [2.45, 2.75) is 154 Å². The van der Waals surface area contributed by atoms with Crippen LogP contribution in [0.5, 0.6) is 5.75 Å². The Morgan fingerprint density at radius 1 is 0.958 bits per heavy atom. The number of primary amides is 1. The normalized spacial score (nSPS) is 21.3. The van der Waals surface area contributed by atoms with Crippen molar-refractivity contribution in [3.63, 3.8) is 0 Å². The highest BCUT2D eigenvalue weighted by Crippen LogP contribution is 2.32. The summed E-state index contributed by atoms with van der Waals surface area (Å²) in [5.74, 6) is -3.62. The zero-order chi connectivity index (χ0) is 51.7. The number of aromatic nitrogens is 1. The van der Waals surface area contributed by atoms with Gasteiger partial charge < -0.3 is 52.0 Å². The van der Waals surface area contributed by atoms with Crippen molar-refractivity contribution >= 4 is 65.1 Å². The van der Waals surface area contributed by atoms with Gasteiger partial charge >= 0.3 is 0 Å².